The van der Waals surface area contributed by atoms with Crippen LogP contribution in [-0.4, -0.2) is 25.8 Å². The molecule has 0 bridgehead atoms. The van der Waals surface area contributed by atoms with Crippen molar-refractivity contribution in [2.75, 3.05) is 25.5 Å². The number of rotatable bonds is 6. The van der Waals surface area contributed by atoms with Crippen LogP contribution in [0.25, 0.3) is 0 Å². The molecule has 0 aliphatic carbocycles. The van der Waals surface area contributed by atoms with Gasteiger partial charge in [-0.2, -0.15) is 0 Å². The van der Waals surface area contributed by atoms with Crippen molar-refractivity contribution in [2.24, 2.45) is 0 Å². The van der Waals surface area contributed by atoms with Crippen molar-refractivity contribution in [3.8, 4) is 11.5 Å². The van der Waals surface area contributed by atoms with Gasteiger partial charge in [-0.05, 0) is 62.2 Å². The number of nitrogens with one attached hydrogen (secondary N) is 2. The summed E-state index contributed by atoms with van der Waals surface area (Å²) in [5.74, 6) is 1.84. The first-order valence-electron chi connectivity index (χ1n) is 8.45. The first-order valence-corrected chi connectivity index (χ1v) is 8.45. The minimum atomic E-state index is -0.144. The lowest BCUT2D eigenvalue weighted by Gasteiger charge is -2.33. The van der Waals surface area contributed by atoms with Crippen LogP contribution >= 0.6 is 0 Å². The molecular formula is C20H26N2O2. The van der Waals surface area contributed by atoms with E-state index in [4.69, 9.17) is 9.47 Å². The number of hydrogen-bond acceptors (Lipinski definition) is 4. The van der Waals surface area contributed by atoms with Crippen LogP contribution in [0.2, 0.25) is 0 Å². The zero-order chi connectivity index (χ0) is 17.0. The van der Waals surface area contributed by atoms with Crippen LogP contribution in [0, 0.1) is 0 Å². The molecule has 4 heteroatoms. The van der Waals surface area contributed by atoms with E-state index in [2.05, 4.69) is 54.8 Å². The molecule has 24 heavy (non-hydrogen) atoms. The molecule has 1 heterocycles. The third kappa shape index (κ3) is 4.20. The second-order valence-corrected chi connectivity index (χ2v) is 6.82. The lowest BCUT2D eigenvalue weighted by Crippen LogP contribution is -2.40. The highest BCUT2D eigenvalue weighted by Crippen LogP contribution is 2.33. The Morgan fingerprint density at radius 3 is 2.62 bits per heavy atom. The maximum absolute atomic E-state index is 5.99. The molecule has 1 aliphatic rings. The van der Waals surface area contributed by atoms with Crippen LogP contribution in [0.15, 0.2) is 42.5 Å². The van der Waals surface area contributed by atoms with E-state index < -0.39 is 0 Å². The summed E-state index contributed by atoms with van der Waals surface area (Å²) < 4.78 is 11.2. The summed E-state index contributed by atoms with van der Waals surface area (Å²) in [6.45, 7) is 6.83. The molecular weight excluding hydrogens is 300 g/mol. The summed E-state index contributed by atoms with van der Waals surface area (Å²) in [7, 11) is 1.69. The highest BCUT2D eigenvalue weighted by Gasteiger charge is 2.26. The van der Waals surface area contributed by atoms with Crippen molar-refractivity contribution in [3.63, 3.8) is 0 Å². The summed E-state index contributed by atoms with van der Waals surface area (Å²) in [5, 5.41) is 6.95. The summed E-state index contributed by atoms with van der Waals surface area (Å²) >= 11 is 0. The van der Waals surface area contributed by atoms with Gasteiger partial charge in [0.05, 0.1) is 19.3 Å². The Bertz CT molecular complexity index is 681. The van der Waals surface area contributed by atoms with Crippen molar-refractivity contribution in [1.82, 2.24) is 5.32 Å². The average Bonchev–Trinajstić information content (AvgIpc) is 2.58. The van der Waals surface area contributed by atoms with Crippen molar-refractivity contribution < 1.29 is 9.47 Å². The van der Waals surface area contributed by atoms with Gasteiger partial charge in [0.1, 0.15) is 17.1 Å². The Labute approximate surface area is 144 Å². The lowest BCUT2D eigenvalue weighted by molar-refractivity contribution is 0.116. The van der Waals surface area contributed by atoms with E-state index >= 15 is 0 Å². The number of anilines is 1. The fourth-order valence-corrected chi connectivity index (χ4v) is 2.81. The minimum absolute atomic E-state index is 0.144. The van der Waals surface area contributed by atoms with E-state index in [0.717, 1.165) is 43.2 Å². The predicted molar refractivity (Wildman–Crippen MR) is 98.0 cm³/mol. The van der Waals surface area contributed by atoms with Gasteiger partial charge < -0.3 is 20.1 Å². The Morgan fingerprint density at radius 2 is 1.88 bits per heavy atom. The highest BCUT2D eigenvalue weighted by atomic mass is 16.5. The maximum atomic E-state index is 5.99. The molecule has 0 unspecified atom stereocenters. The van der Waals surface area contributed by atoms with Crippen LogP contribution in [0.3, 0.4) is 0 Å². The smallest absolute Gasteiger partial charge is 0.143 e. The molecule has 0 saturated heterocycles. The van der Waals surface area contributed by atoms with Gasteiger partial charge in [-0.1, -0.05) is 18.2 Å². The molecule has 0 fully saturated rings. The molecule has 0 aromatic heterocycles. The van der Waals surface area contributed by atoms with Gasteiger partial charge in [0, 0.05) is 6.54 Å². The first-order chi connectivity index (χ1) is 11.6. The molecule has 0 atom stereocenters. The summed E-state index contributed by atoms with van der Waals surface area (Å²) in [4.78, 5) is 0. The average molecular weight is 326 g/mol. The lowest BCUT2D eigenvalue weighted by atomic mass is 10.0. The highest BCUT2D eigenvalue weighted by molar-refractivity contribution is 5.60. The molecule has 0 saturated carbocycles. The van der Waals surface area contributed by atoms with E-state index in [0.29, 0.717) is 0 Å². The van der Waals surface area contributed by atoms with Crippen LogP contribution in [0.5, 0.6) is 11.5 Å². The molecule has 1 aliphatic heterocycles. The van der Waals surface area contributed by atoms with Crippen molar-refractivity contribution >= 4 is 5.69 Å². The van der Waals surface area contributed by atoms with Gasteiger partial charge in [0.2, 0.25) is 0 Å². The second kappa shape index (κ2) is 7.14. The zero-order valence-corrected chi connectivity index (χ0v) is 14.7. The number of benzene rings is 2. The quantitative estimate of drug-likeness (QED) is 0.796. The monoisotopic (exact) mass is 326 g/mol. The Hall–Kier alpha value is -2.20. The molecule has 0 amide bonds. The van der Waals surface area contributed by atoms with Crippen molar-refractivity contribution in [3.05, 3.63) is 53.6 Å². The number of fused-ring (bicyclic) bond motifs is 1. The summed E-state index contributed by atoms with van der Waals surface area (Å²) in [6.07, 6.45) is 0.995. The van der Waals surface area contributed by atoms with Gasteiger partial charge in [-0.15, -0.1) is 0 Å². The molecule has 2 N–H and O–H groups in total. The molecule has 2 aromatic carbocycles. The third-order valence-corrected chi connectivity index (χ3v) is 4.21. The van der Waals surface area contributed by atoms with Gasteiger partial charge in [-0.25, -0.2) is 0 Å². The number of methoxy groups -OCH3 is 1. The molecule has 128 valence electrons. The van der Waals surface area contributed by atoms with Crippen molar-refractivity contribution in [1.29, 1.82) is 0 Å². The number of ether oxygens (including phenoxy) is 2. The third-order valence-electron chi connectivity index (χ3n) is 4.21. The molecule has 0 spiro atoms. The van der Waals surface area contributed by atoms with Crippen LogP contribution in [-0.2, 0) is 13.0 Å². The Kier molecular flexibility index (Phi) is 4.95. The predicted octanol–water partition coefficient (Wildman–Crippen LogP) is 3.61. The van der Waals surface area contributed by atoms with Gasteiger partial charge in [0.15, 0.2) is 0 Å². The fourth-order valence-electron chi connectivity index (χ4n) is 2.81. The largest absolute Gasteiger partial charge is 0.497 e. The maximum Gasteiger partial charge on any atom is 0.143 e. The topological polar surface area (TPSA) is 42.5 Å². The summed E-state index contributed by atoms with van der Waals surface area (Å²) in [5.41, 5.74) is 3.53. The number of hydrogen-bond donors (Lipinski definition) is 2. The molecule has 2 aromatic rings. The SMILES string of the molecule is COc1ccc(CNCCc2ccc3c(c2)NCC(C)(C)O3)cc1. The Morgan fingerprint density at radius 1 is 1.12 bits per heavy atom. The van der Waals surface area contributed by atoms with E-state index in [1.807, 2.05) is 12.1 Å². The van der Waals surface area contributed by atoms with Crippen LogP contribution in [0.1, 0.15) is 25.0 Å². The fraction of sp³-hybridized carbons (Fsp3) is 0.400. The molecule has 3 rings (SSSR count). The van der Waals surface area contributed by atoms with Crippen LogP contribution < -0.4 is 20.1 Å². The minimum Gasteiger partial charge on any atom is -0.497 e. The van der Waals surface area contributed by atoms with Gasteiger partial charge in [-0.3, -0.25) is 0 Å². The summed E-state index contributed by atoms with van der Waals surface area (Å²) in [6, 6.07) is 14.6. The van der Waals surface area contributed by atoms with E-state index in [1.165, 1.54) is 11.1 Å². The zero-order valence-electron chi connectivity index (χ0n) is 14.7. The molecule has 0 radical (unpaired) electrons. The van der Waals surface area contributed by atoms with Crippen LogP contribution in [0.4, 0.5) is 5.69 Å². The molecule has 4 nitrogen and oxygen atoms in total. The standard InChI is InChI=1S/C20H26N2O2/c1-20(2)14-22-18-12-15(6-9-19(18)24-20)10-11-21-13-16-4-7-17(23-3)8-5-16/h4-9,12,21-22H,10-11,13-14H2,1-3H3. The van der Waals surface area contributed by atoms with Crippen molar-refractivity contribution in [2.45, 2.75) is 32.4 Å². The first kappa shape index (κ1) is 16.7. The van der Waals surface area contributed by atoms with E-state index in [-0.39, 0.29) is 5.60 Å². The van der Waals surface area contributed by atoms with E-state index in [9.17, 15) is 0 Å². The second-order valence-electron chi connectivity index (χ2n) is 6.82. The van der Waals surface area contributed by atoms with Gasteiger partial charge in [0.25, 0.3) is 0 Å². The van der Waals surface area contributed by atoms with Gasteiger partial charge >= 0.3 is 0 Å². The normalized spacial score (nSPS) is 15.1. The Balaban J connectivity index is 1.48. The van der Waals surface area contributed by atoms with E-state index in [1.54, 1.807) is 7.11 Å².